The smallest absolute Gasteiger partial charge is 0.173 e. The molecule has 5 rings (SSSR count). The van der Waals surface area contributed by atoms with Gasteiger partial charge in [-0.05, 0) is 63.8 Å². The second-order valence-corrected chi connectivity index (χ2v) is 8.76. The maximum Gasteiger partial charge on any atom is 0.173 e. The lowest BCUT2D eigenvalue weighted by Gasteiger charge is -2.39. The Bertz CT molecular complexity index is 1140. The Labute approximate surface area is 188 Å². The Hall–Kier alpha value is -3.17. The molecular weight excluding hydrogens is 430 g/mol. The molecule has 2 aromatic carbocycles. The van der Waals surface area contributed by atoms with Gasteiger partial charge in [0, 0.05) is 36.7 Å². The van der Waals surface area contributed by atoms with E-state index in [0.29, 0.717) is 6.54 Å². The van der Waals surface area contributed by atoms with Gasteiger partial charge in [0.2, 0.25) is 0 Å². The molecule has 0 amide bonds. The highest BCUT2D eigenvalue weighted by molar-refractivity contribution is 7.09. The van der Waals surface area contributed by atoms with Crippen LogP contribution in [0, 0.1) is 11.6 Å². The monoisotopic (exact) mass is 452 g/mol. The molecule has 1 fully saturated rings. The molecular formula is C23H22F2N6S. The van der Waals surface area contributed by atoms with Crippen molar-refractivity contribution in [3.8, 4) is 0 Å². The van der Waals surface area contributed by atoms with Crippen molar-refractivity contribution in [2.45, 2.75) is 12.6 Å². The summed E-state index contributed by atoms with van der Waals surface area (Å²) in [7, 11) is 0. The third-order valence-corrected chi connectivity index (χ3v) is 6.61. The molecule has 2 aromatic heterocycles. The van der Waals surface area contributed by atoms with Crippen molar-refractivity contribution in [3.63, 3.8) is 0 Å². The standard InChI is InChI=1S/C23H22F2N6S/c24-18-5-3-17(4-6-18)22(23-26-27-28-31(23)16-21-2-1-15-32-21)30-13-11-29(12-14-30)20-9-7-19(25)8-10-20/h1-10,15,22H,11-14,16H2/t22-/m0/s1. The van der Waals surface area contributed by atoms with E-state index < -0.39 is 0 Å². The van der Waals surface area contributed by atoms with E-state index in [1.807, 2.05) is 28.3 Å². The number of halogens is 2. The van der Waals surface area contributed by atoms with Gasteiger partial charge in [0.15, 0.2) is 5.82 Å². The molecule has 0 unspecified atom stereocenters. The fraction of sp³-hybridized carbons (Fsp3) is 0.261. The van der Waals surface area contributed by atoms with Crippen LogP contribution in [0.25, 0.3) is 0 Å². The van der Waals surface area contributed by atoms with Crippen LogP contribution in [0.5, 0.6) is 0 Å². The number of anilines is 1. The van der Waals surface area contributed by atoms with Gasteiger partial charge in [0.1, 0.15) is 11.6 Å². The van der Waals surface area contributed by atoms with E-state index >= 15 is 0 Å². The molecule has 1 aliphatic rings. The van der Waals surface area contributed by atoms with E-state index in [1.165, 1.54) is 24.3 Å². The van der Waals surface area contributed by atoms with Gasteiger partial charge in [-0.25, -0.2) is 13.5 Å². The van der Waals surface area contributed by atoms with Crippen LogP contribution in [0.4, 0.5) is 14.5 Å². The van der Waals surface area contributed by atoms with E-state index in [0.717, 1.165) is 48.1 Å². The third kappa shape index (κ3) is 4.39. The summed E-state index contributed by atoms with van der Waals surface area (Å²) in [6.45, 7) is 3.70. The number of tetrazole rings is 1. The third-order valence-electron chi connectivity index (χ3n) is 5.75. The summed E-state index contributed by atoms with van der Waals surface area (Å²) in [5, 5.41) is 14.6. The number of piperazine rings is 1. The van der Waals surface area contributed by atoms with Crippen LogP contribution in [0.1, 0.15) is 22.3 Å². The molecule has 32 heavy (non-hydrogen) atoms. The molecule has 3 heterocycles. The highest BCUT2D eigenvalue weighted by atomic mass is 32.1. The summed E-state index contributed by atoms with van der Waals surface area (Å²) in [5.41, 5.74) is 1.95. The van der Waals surface area contributed by atoms with Crippen molar-refractivity contribution in [3.05, 3.63) is 93.9 Å². The lowest BCUT2D eigenvalue weighted by Crippen LogP contribution is -2.48. The van der Waals surface area contributed by atoms with Crippen molar-refractivity contribution in [2.24, 2.45) is 0 Å². The van der Waals surface area contributed by atoms with Gasteiger partial charge < -0.3 is 4.90 Å². The molecule has 1 aliphatic heterocycles. The SMILES string of the molecule is Fc1ccc([C@@H](c2nnnn2Cc2cccs2)N2CCN(c3ccc(F)cc3)CC2)cc1. The Morgan fingerprint density at radius 2 is 1.56 bits per heavy atom. The second kappa shape index (κ2) is 9.13. The predicted molar refractivity (Wildman–Crippen MR) is 120 cm³/mol. The number of thiophene rings is 1. The van der Waals surface area contributed by atoms with Crippen molar-refractivity contribution >= 4 is 17.0 Å². The maximum atomic E-state index is 13.6. The highest BCUT2D eigenvalue weighted by Gasteiger charge is 2.31. The lowest BCUT2D eigenvalue weighted by molar-refractivity contribution is 0.201. The molecule has 0 aliphatic carbocycles. The van der Waals surface area contributed by atoms with E-state index in [-0.39, 0.29) is 17.7 Å². The highest BCUT2D eigenvalue weighted by Crippen LogP contribution is 2.30. The largest absolute Gasteiger partial charge is 0.369 e. The quantitative estimate of drug-likeness (QED) is 0.443. The molecule has 164 valence electrons. The van der Waals surface area contributed by atoms with Crippen LogP contribution >= 0.6 is 11.3 Å². The summed E-state index contributed by atoms with van der Waals surface area (Å²) in [6.07, 6.45) is 0. The minimum atomic E-state index is -0.271. The number of hydrogen-bond acceptors (Lipinski definition) is 6. The molecule has 1 saturated heterocycles. The zero-order chi connectivity index (χ0) is 21.9. The van der Waals surface area contributed by atoms with Crippen molar-refractivity contribution in [1.29, 1.82) is 0 Å². The van der Waals surface area contributed by atoms with Crippen molar-refractivity contribution in [2.75, 3.05) is 31.1 Å². The molecule has 9 heteroatoms. The molecule has 0 N–H and O–H groups in total. The first-order valence-electron chi connectivity index (χ1n) is 10.5. The van der Waals surface area contributed by atoms with Crippen LogP contribution in [-0.2, 0) is 6.54 Å². The molecule has 0 radical (unpaired) electrons. The van der Waals surface area contributed by atoms with Gasteiger partial charge in [0.05, 0.1) is 12.6 Å². The molecule has 1 atom stereocenters. The van der Waals surface area contributed by atoms with Crippen LogP contribution in [-0.4, -0.2) is 51.3 Å². The van der Waals surface area contributed by atoms with Crippen LogP contribution < -0.4 is 4.90 Å². The first-order valence-corrected chi connectivity index (χ1v) is 11.3. The van der Waals surface area contributed by atoms with Crippen molar-refractivity contribution in [1.82, 2.24) is 25.1 Å². The molecule has 4 aromatic rings. The summed E-state index contributed by atoms with van der Waals surface area (Å²) in [6, 6.07) is 17.0. The van der Waals surface area contributed by atoms with Gasteiger partial charge in [0.25, 0.3) is 0 Å². The Morgan fingerprint density at radius 3 is 2.22 bits per heavy atom. The van der Waals surface area contributed by atoms with Crippen LogP contribution in [0.2, 0.25) is 0 Å². The first-order chi connectivity index (χ1) is 15.7. The van der Waals surface area contributed by atoms with Gasteiger partial charge in [-0.1, -0.05) is 18.2 Å². The normalized spacial score (nSPS) is 15.8. The van der Waals surface area contributed by atoms with Gasteiger partial charge in [-0.2, -0.15) is 0 Å². The molecule has 0 spiro atoms. The number of nitrogens with zero attached hydrogens (tertiary/aromatic N) is 6. The number of hydrogen-bond donors (Lipinski definition) is 0. The van der Waals surface area contributed by atoms with Crippen LogP contribution in [0.3, 0.4) is 0 Å². The fourth-order valence-electron chi connectivity index (χ4n) is 4.13. The van der Waals surface area contributed by atoms with Crippen LogP contribution in [0.15, 0.2) is 66.0 Å². The molecule has 6 nitrogen and oxygen atoms in total. The summed E-state index contributed by atoms with van der Waals surface area (Å²) >= 11 is 1.66. The summed E-state index contributed by atoms with van der Waals surface area (Å²) in [5.74, 6) is 0.230. The topological polar surface area (TPSA) is 50.1 Å². The Kier molecular flexibility index (Phi) is 5.91. The Morgan fingerprint density at radius 1 is 0.875 bits per heavy atom. The number of rotatable bonds is 6. The Balaban J connectivity index is 1.41. The van der Waals surface area contributed by atoms with E-state index in [4.69, 9.17) is 0 Å². The zero-order valence-electron chi connectivity index (χ0n) is 17.3. The minimum absolute atomic E-state index is 0.194. The predicted octanol–water partition coefficient (Wildman–Crippen LogP) is 3.97. The molecule has 0 saturated carbocycles. The average molecular weight is 453 g/mol. The lowest BCUT2D eigenvalue weighted by atomic mass is 10.0. The second-order valence-electron chi connectivity index (χ2n) is 7.73. The average Bonchev–Trinajstić information content (AvgIpc) is 3.49. The minimum Gasteiger partial charge on any atom is -0.369 e. The summed E-state index contributed by atoms with van der Waals surface area (Å²) in [4.78, 5) is 5.73. The maximum absolute atomic E-state index is 13.6. The number of aromatic nitrogens is 4. The van der Waals surface area contributed by atoms with Gasteiger partial charge in [-0.3, -0.25) is 4.90 Å². The summed E-state index contributed by atoms with van der Waals surface area (Å²) < 4.78 is 28.8. The first kappa shape index (κ1) is 20.7. The molecule has 0 bridgehead atoms. The number of benzene rings is 2. The van der Waals surface area contributed by atoms with E-state index in [2.05, 4.69) is 31.4 Å². The van der Waals surface area contributed by atoms with Crippen molar-refractivity contribution < 1.29 is 8.78 Å². The van der Waals surface area contributed by atoms with Gasteiger partial charge in [-0.15, -0.1) is 16.4 Å². The van der Waals surface area contributed by atoms with E-state index in [9.17, 15) is 8.78 Å². The van der Waals surface area contributed by atoms with Gasteiger partial charge >= 0.3 is 0 Å². The zero-order valence-corrected chi connectivity index (χ0v) is 18.1. The van der Waals surface area contributed by atoms with E-state index in [1.54, 1.807) is 23.5 Å². The fourth-order valence-corrected chi connectivity index (χ4v) is 4.81.